The summed E-state index contributed by atoms with van der Waals surface area (Å²) in [7, 11) is 1.83. The SMILES string of the molecule is CN(Cc1ccccc1)C(=O)CN1CC(C)(C)Oc2ccc(N)cc21. The van der Waals surface area contributed by atoms with E-state index >= 15 is 0 Å². The fourth-order valence-electron chi connectivity index (χ4n) is 3.11. The summed E-state index contributed by atoms with van der Waals surface area (Å²) in [5.41, 5.74) is 8.22. The van der Waals surface area contributed by atoms with Gasteiger partial charge in [0.2, 0.25) is 5.91 Å². The number of hydrogen-bond acceptors (Lipinski definition) is 4. The second-order valence-electron chi connectivity index (χ2n) is 7.18. The minimum Gasteiger partial charge on any atom is -0.484 e. The number of nitrogens with two attached hydrogens (primary N) is 1. The van der Waals surface area contributed by atoms with Crippen LogP contribution in [0.3, 0.4) is 0 Å². The fourth-order valence-corrected chi connectivity index (χ4v) is 3.11. The highest BCUT2D eigenvalue weighted by molar-refractivity contribution is 5.83. The van der Waals surface area contributed by atoms with Gasteiger partial charge in [-0.25, -0.2) is 0 Å². The molecule has 1 heterocycles. The van der Waals surface area contributed by atoms with Crippen molar-refractivity contribution in [2.24, 2.45) is 0 Å². The molecule has 25 heavy (non-hydrogen) atoms. The Labute approximate surface area is 149 Å². The molecule has 0 saturated heterocycles. The van der Waals surface area contributed by atoms with E-state index in [0.29, 0.717) is 25.3 Å². The summed E-state index contributed by atoms with van der Waals surface area (Å²) in [4.78, 5) is 16.5. The van der Waals surface area contributed by atoms with E-state index in [1.54, 1.807) is 4.90 Å². The summed E-state index contributed by atoms with van der Waals surface area (Å²) < 4.78 is 6.02. The third kappa shape index (κ3) is 4.05. The van der Waals surface area contributed by atoms with Crippen molar-refractivity contribution in [3.05, 3.63) is 54.1 Å². The summed E-state index contributed by atoms with van der Waals surface area (Å²) >= 11 is 0. The summed E-state index contributed by atoms with van der Waals surface area (Å²) in [6.45, 7) is 5.58. The molecule has 1 amide bonds. The van der Waals surface area contributed by atoms with Gasteiger partial charge < -0.3 is 20.3 Å². The van der Waals surface area contributed by atoms with E-state index in [0.717, 1.165) is 17.0 Å². The Bertz CT molecular complexity index is 759. The lowest BCUT2D eigenvalue weighted by Crippen LogP contribution is -2.50. The Kier molecular flexibility index (Phi) is 4.57. The molecule has 0 bridgehead atoms. The van der Waals surface area contributed by atoms with Crippen LogP contribution < -0.4 is 15.4 Å². The lowest BCUT2D eigenvalue weighted by atomic mass is 10.0. The minimum absolute atomic E-state index is 0.0647. The zero-order valence-electron chi connectivity index (χ0n) is 15.0. The van der Waals surface area contributed by atoms with Gasteiger partial charge >= 0.3 is 0 Å². The largest absolute Gasteiger partial charge is 0.484 e. The first-order chi connectivity index (χ1) is 11.8. The van der Waals surface area contributed by atoms with Crippen molar-refractivity contribution >= 4 is 17.3 Å². The number of likely N-dealkylation sites (N-methyl/N-ethyl adjacent to an activating group) is 1. The van der Waals surface area contributed by atoms with E-state index in [4.69, 9.17) is 10.5 Å². The van der Waals surface area contributed by atoms with Crippen LogP contribution in [0.1, 0.15) is 19.4 Å². The van der Waals surface area contributed by atoms with Crippen molar-refractivity contribution in [1.82, 2.24) is 4.90 Å². The number of carbonyl (C=O) groups is 1. The maximum atomic E-state index is 12.7. The van der Waals surface area contributed by atoms with Gasteiger partial charge in [-0.15, -0.1) is 0 Å². The minimum atomic E-state index is -0.360. The fraction of sp³-hybridized carbons (Fsp3) is 0.350. The first-order valence-corrected chi connectivity index (χ1v) is 8.45. The van der Waals surface area contributed by atoms with Crippen LogP contribution in [0.5, 0.6) is 5.75 Å². The van der Waals surface area contributed by atoms with Gasteiger partial charge in [-0.05, 0) is 37.6 Å². The number of amides is 1. The van der Waals surface area contributed by atoms with Crippen molar-refractivity contribution in [3.8, 4) is 5.75 Å². The van der Waals surface area contributed by atoms with Crippen molar-refractivity contribution in [1.29, 1.82) is 0 Å². The van der Waals surface area contributed by atoms with E-state index in [-0.39, 0.29) is 11.5 Å². The molecule has 0 unspecified atom stereocenters. The smallest absolute Gasteiger partial charge is 0.242 e. The zero-order chi connectivity index (χ0) is 18.0. The van der Waals surface area contributed by atoms with E-state index in [2.05, 4.69) is 4.90 Å². The van der Waals surface area contributed by atoms with Crippen molar-refractivity contribution in [2.75, 3.05) is 30.8 Å². The normalized spacial score (nSPS) is 15.2. The predicted octanol–water partition coefficient (Wildman–Crippen LogP) is 2.90. The Balaban J connectivity index is 1.75. The predicted molar refractivity (Wildman–Crippen MR) is 101 cm³/mol. The molecule has 0 aromatic heterocycles. The van der Waals surface area contributed by atoms with Gasteiger partial charge in [0.25, 0.3) is 0 Å². The topological polar surface area (TPSA) is 58.8 Å². The lowest BCUT2D eigenvalue weighted by molar-refractivity contribution is -0.129. The lowest BCUT2D eigenvalue weighted by Gasteiger charge is -2.41. The van der Waals surface area contributed by atoms with Gasteiger partial charge in [-0.1, -0.05) is 30.3 Å². The van der Waals surface area contributed by atoms with Gasteiger partial charge in [0.15, 0.2) is 0 Å². The Hall–Kier alpha value is -2.69. The van der Waals surface area contributed by atoms with Crippen LogP contribution in [0.4, 0.5) is 11.4 Å². The van der Waals surface area contributed by atoms with Crippen molar-refractivity contribution < 1.29 is 9.53 Å². The molecule has 2 N–H and O–H groups in total. The monoisotopic (exact) mass is 339 g/mol. The molecule has 132 valence electrons. The van der Waals surface area contributed by atoms with Gasteiger partial charge in [-0.3, -0.25) is 4.79 Å². The quantitative estimate of drug-likeness (QED) is 0.870. The number of benzene rings is 2. The van der Waals surface area contributed by atoms with Crippen molar-refractivity contribution in [3.63, 3.8) is 0 Å². The molecule has 0 atom stereocenters. The molecule has 1 aliphatic heterocycles. The van der Waals surface area contributed by atoms with Crippen LogP contribution in [0.15, 0.2) is 48.5 Å². The molecule has 0 spiro atoms. The molecular weight excluding hydrogens is 314 g/mol. The van der Waals surface area contributed by atoms with Crippen LogP contribution in [0.25, 0.3) is 0 Å². The van der Waals surface area contributed by atoms with E-state index in [1.165, 1.54) is 0 Å². The van der Waals surface area contributed by atoms with Crippen LogP contribution in [-0.2, 0) is 11.3 Å². The highest BCUT2D eigenvalue weighted by Gasteiger charge is 2.33. The standard InChI is InChI=1S/C20H25N3O2/c1-20(2)14-23(17-11-16(21)9-10-18(17)25-20)13-19(24)22(3)12-15-7-5-4-6-8-15/h4-11H,12-14,21H2,1-3H3. The molecule has 3 rings (SSSR count). The third-order valence-corrected chi connectivity index (χ3v) is 4.30. The van der Waals surface area contributed by atoms with Gasteiger partial charge in [0.1, 0.15) is 11.4 Å². The summed E-state index contributed by atoms with van der Waals surface area (Å²) in [6, 6.07) is 15.6. The highest BCUT2D eigenvalue weighted by Crippen LogP contribution is 2.38. The third-order valence-electron chi connectivity index (χ3n) is 4.30. The number of ether oxygens (including phenoxy) is 1. The first-order valence-electron chi connectivity index (χ1n) is 8.45. The molecule has 2 aromatic rings. The van der Waals surface area contributed by atoms with Crippen LogP contribution >= 0.6 is 0 Å². The molecule has 5 nitrogen and oxygen atoms in total. The Morgan fingerprint density at radius 3 is 2.68 bits per heavy atom. The molecule has 0 fully saturated rings. The molecule has 0 radical (unpaired) electrons. The number of carbonyl (C=O) groups excluding carboxylic acids is 1. The van der Waals surface area contributed by atoms with Gasteiger partial charge in [-0.2, -0.15) is 0 Å². The number of nitrogens with zero attached hydrogens (tertiary/aromatic N) is 2. The maximum absolute atomic E-state index is 12.7. The highest BCUT2D eigenvalue weighted by atomic mass is 16.5. The second-order valence-corrected chi connectivity index (χ2v) is 7.18. The van der Waals surface area contributed by atoms with Crippen molar-refractivity contribution in [2.45, 2.75) is 26.0 Å². The Morgan fingerprint density at radius 2 is 1.96 bits per heavy atom. The first kappa shape index (κ1) is 17.1. The number of nitrogen functional groups attached to an aromatic ring is 1. The number of anilines is 2. The van der Waals surface area contributed by atoms with Gasteiger partial charge in [0, 0.05) is 19.3 Å². The molecule has 1 aliphatic rings. The average molecular weight is 339 g/mol. The summed E-state index contributed by atoms with van der Waals surface area (Å²) in [5.74, 6) is 0.832. The zero-order valence-corrected chi connectivity index (χ0v) is 15.0. The number of fused-ring (bicyclic) bond motifs is 1. The second kappa shape index (κ2) is 6.67. The molecular formula is C20H25N3O2. The van der Waals surface area contributed by atoms with Crippen LogP contribution in [-0.4, -0.2) is 36.5 Å². The Morgan fingerprint density at radius 1 is 1.24 bits per heavy atom. The molecule has 5 heteroatoms. The number of rotatable bonds is 4. The van der Waals surface area contributed by atoms with Crippen LogP contribution in [0.2, 0.25) is 0 Å². The summed E-state index contributed by atoms with van der Waals surface area (Å²) in [5, 5.41) is 0. The maximum Gasteiger partial charge on any atom is 0.242 e. The van der Waals surface area contributed by atoms with E-state index in [1.807, 2.05) is 69.4 Å². The summed E-state index contributed by atoms with van der Waals surface area (Å²) in [6.07, 6.45) is 0. The van der Waals surface area contributed by atoms with Gasteiger partial charge in [0.05, 0.1) is 18.8 Å². The van der Waals surface area contributed by atoms with Crippen LogP contribution in [0, 0.1) is 0 Å². The number of hydrogen-bond donors (Lipinski definition) is 1. The van der Waals surface area contributed by atoms with E-state index in [9.17, 15) is 4.79 Å². The molecule has 0 aliphatic carbocycles. The van der Waals surface area contributed by atoms with E-state index < -0.39 is 0 Å². The average Bonchev–Trinajstić information content (AvgIpc) is 2.55. The molecule has 2 aromatic carbocycles. The molecule has 0 saturated carbocycles.